The van der Waals surface area contributed by atoms with Gasteiger partial charge in [0.25, 0.3) is 0 Å². The lowest BCUT2D eigenvalue weighted by molar-refractivity contribution is -0.139. The zero-order valence-corrected chi connectivity index (χ0v) is 13.3. The van der Waals surface area contributed by atoms with Crippen LogP contribution in [0.25, 0.3) is 0 Å². The predicted molar refractivity (Wildman–Crippen MR) is 80.1 cm³/mol. The molecule has 0 fully saturated rings. The average Bonchev–Trinajstić information content (AvgIpc) is 2.39. The van der Waals surface area contributed by atoms with Gasteiger partial charge in [0, 0.05) is 17.3 Å². The summed E-state index contributed by atoms with van der Waals surface area (Å²) in [7, 11) is 0. The molecule has 1 aliphatic heterocycles. The Morgan fingerprint density at radius 2 is 1.48 bits per heavy atom. The summed E-state index contributed by atoms with van der Waals surface area (Å²) in [6, 6.07) is 0. The van der Waals surface area contributed by atoms with E-state index in [1.165, 1.54) is 0 Å². The van der Waals surface area contributed by atoms with Crippen molar-refractivity contribution in [1.29, 1.82) is 0 Å². The first-order valence-corrected chi connectivity index (χ1v) is 7.13. The summed E-state index contributed by atoms with van der Waals surface area (Å²) in [5.41, 5.74) is 2.29. The molecule has 0 unspecified atom stereocenters. The summed E-state index contributed by atoms with van der Waals surface area (Å²) >= 11 is 0. The molecular weight excluding hydrogens is 270 g/mol. The molecule has 1 N–H and O–H groups in total. The summed E-state index contributed by atoms with van der Waals surface area (Å²) < 4.78 is 10.2. The number of nitrogens with one attached hydrogen (secondary N) is 1. The molecule has 0 aromatic carbocycles. The molecule has 1 rings (SSSR count). The molecule has 0 bridgehead atoms. The lowest BCUT2D eigenvalue weighted by Crippen LogP contribution is -2.32. The summed E-state index contributed by atoms with van der Waals surface area (Å²) in [6.45, 7) is 9.52. The van der Waals surface area contributed by atoms with E-state index in [1.807, 2.05) is 19.1 Å². The Morgan fingerprint density at radius 1 is 1.05 bits per heavy atom. The van der Waals surface area contributed by atoms with Gasteiger partial charge in [-0.1, -0.05) is 12.2 Å². The molecule has 0 amide bonds. The molecule has 0 saturated carbocycles. The molecule has 1 heterocycles. The summed E-state index contributed by atoms with van der Waals surface area (Å²) in [4.78, 5) is 24.4. The van der Waals surface area contributed by atoms with Crippen molar-refractivity contribution in [3.05, 3.63) is 34.7 Å². The van der Waals surface area contributed by atoms with E-state index >= 15 is 0 Å². The minimum atomic E-state index is -0.450. The van der Waals surface area contributed by atoms with Crippen LogP contribution < -0.4 is 5.32 Å². The maximum Gasteiger partial charge on any atom is 0.336 e. The third kappa shape index (κ3) is 3.74. The number of rotatable bonds is 5. The van der Waals surface area contributed by atoms with Crippen LogP contribution in [0.15, 0.2) is 34.7 Å². The van der Waals surface area contributed by atoms with Crippen LogP contribution >= 0.6 is 0 Å². The number of allylic oxidation sites excluding steroid dienone is 4. The van der Waals surface area contributed by atoms with Crippen LogP contribution in [-0.2, 0) is 19.1 Å². The van der Waals surface area contributed by atoms with E-state index in [4.69, 9.17) is 9.47 Å². The number of dihydropyridines is 1. The van der Waals surface area contributed by atoms with Crippen LogP contribution in [0.2, 0.25) is 0 Å². The van der Waals surface area contributed by atoms with Crippen molar-refractivity contribution in [3.63, 3.8) is 0 Å². The highest BCUT2D eigenvalue weighted by Crippen LogP contribution is 2.32. The Labute approximate surface area is 125 Å². The van der Waals surface area contributed by atoms with Crippen LogP contribution in [-0.4, -0.2) is 25.2 Å². The lowest BCUT2D eigenvalue weighted by Gasteiger charge is -2.28. The molecule has 1 aliphatic rings. The van der Waals surface area contributed by atoms with Gasteiger partial charge in [0.05, 0.1) is 24.4 Å². The van der Waals surface area contributed by atoms with E-state index < -0.39 is 17.9 Å². The van der Waals surface area contributed by atoms with Crippen LogP contribution in [0, 0.1) is 5.92 Å². The van der Waals surface area contributed by atoms with Gasteiger partial charge in [0.15, 0.2) is 0 Å². The van der Waals surface area contributed by atoms with Gasteiger partial charge in [-0.25, -0.2) is 9.59 Å². The fourth-order valence-corrected chi connectivity index (χ4v) is 2.39. The second kappa shape index (κ2) is 7.67. The summed E-state index contributed by atoms with van der Waals surface area (Å²) in [6.07, 6.45) is 3.63. The number of carbonyl (C=O) groups is 2. The summed E-state index contributed by atoms with van der Waals surface area (Å²) in [5.74, 6) is -1.28. The van der Waals surface area contributed by atoms with E-state index in [0.29, 0.717) is 22.5 Å². The molecule has 116 valence electrons. The van der Waals surface area contributed by atoms with Crippen molar-refractivity contribution < 1.29 is 19.1 Å². The zero-order chi connectivity index (χ0) is 16.0. The number of hydrogen-bond acceptors (Lipinski definition) is 5. The predicted octanol–water partition coefficient (Wildman–Crippen LogP) is 2.46. The maximum atomic E-state index is 12.2. The third-order valence-electron chi connectivity index (χ3n) is 3.18. The number of ether oxygens (including phenoxy) is 2. The van der Waals surface area contributed by atoms with Crippen molar-refractivity contribution in [2.45, 2.75) is 34.6 Å². The second-order valence-electron chi connectivity index (χ2n) is 4.65. The Morgan fingerprint density at radius 3 is 1.81 bits per heavy atom. The molecule has 5 nitrogen and oxygen atoms in total. The van der Waals surface area contributed by atoms with Crippen LogP contribution in [0.5, 0.6) is 0 Å². The van der Waals surface area contributed by atoms with Crippen LogP contribution in [0.4, 0.5) is 0 Å². The van der Waals surface area contributed by atoms with Gasteiger partial charge in [0.2, 0.25) is 0 Å². The van der Waals surface area contributed by atoms with Crippen molar-refractivity contribution >= 4 is 11.9 Å². The standard InChI is InChI=1S/C16H23NO4/c1-6-9-12-13(15(18)20-7-2)10(4)17-11(5)14(12)16(19)21-8-3/h6,9,12,17H,7-8H2,1-5H3/b9-6+. The van der Waals surface area contributed by atoms with Gasteiger partial charge in [-0.2, -0.15) is 0 Å². The number of hydrogen-bond donors (Lipinski definition) is 1. The second-order valence-corrected chi connectivity index (χ2v) is 4.65. The third-order valence-corrected chi connectivity index (χ3v) is 3.18. The zero-order valence-electron chi connectivity index (χ0n) is 13.3. The highest BCUT2D eigenvalue weighted by molar-refractivity contribution is 5.98. The smallest absolute Gasteiger partial charge is 0.336 e. The van der Waals surface area contributed by atoms with E-state index in [1.54, 1.807) is 27.7 Å². The molecule has 0 saturated heterocycles. The molecule has 5 heteroatoms. The van der Waals surface area contributed by atoms with Gasteiger partial charge in [-0.15, -0.1) is 0 Å². The Bertz CT molecular complexity index is 474. The monoisotopic (exact) mass is 293 g/mol. The first kappa shape index (κ1) is 17.0. The van der Waals surface area contributed by atoms with Gasteiger partial charge < -0.3 is 14.8 Å². The summed E-state index contributed by atoms with van der Waals surface area (Å²) in [5, 5.41) is 3.07. The SMILES string of the molecule is C/C=C/C1C(C(=O)OCC)=C(C)NC(C)=C1C(=O)OCC. The Hall–Kier alpha value is -2.04. The Balaban J connectivity index is 3.29. The molecule has 0 spiro atoms. The molecule has 0 aromatic rings. The fraction of sp³-hybridized carbons (Fsp3) is 0.500. The van der Waals surface area contributed by atoms with Crippen molar-refractivity contribution in [2.24, 2.45) is 5.92 Å². The van der Waals surface area contributed by atoms with Gasteiger partial charge >= 0.3 is 11.9 Å². The lowest BCUT2D eigenvalue weighted by atomic mass is 9.85. The van der Waals surface area contributed by atoms with Crippen molar-refractivity contribution in [2.75, 3.05) is 13.2 Å². The van der Waals surface area contributed by atoms with Gasteiger partial charge in [-0.3, -0.25) is 0 Å². The van der Waals surface area contributed by atoms with E-state index in [0.717, 1.165) is 0 Å². The highest BCUT2D eigenvalue weighted by atomic mass is 16.5. The fourth-order valence-electron chi connectivity index (χ4n) is 2.39. The maximum absolute atomic E-state index is 12.2. The normalized spacial score (nSPS) is 16.2. The average molecular weight is 293 g/mol. The molecule has 0 aliphatic carbocycles. The minimum absolute atomic E-state index is 0.287. The van der Waals surface area contributed by atoms with Crippen molar-refractivity contribution in [3.8, 4) is 0 Å². The van der Waals surface area contributed by atoms with Gasteiger partial charge in [-0.05, 0) is 34.6 Å². The van der Waals surface area contributed by atoms with E-state index in [-0.39, 0.29) is 13.2 Å². The molecular formula is C16H23NO4. The first-order valence-electron chi connectivity index (χ1n) is 7.13. The highest BCUT2D eigenvalue weighted by Gasteiger charge is 2.34. The molecule has 0 radical (unpaired) electrons. The quantitative estimate of drug-likeness (QED) is 0.623. The molecule has 0 atom stereocenters. The molecule has 21 heavy (non-hydrogen) atoms. The number of carbonyl (C=O) groups excluding carboxylic acids is 2. The number of esters is 2. The van der Waals surface area contributed by atoms with Crippen LogP contribution in [0.1, 0.15) is 34.6 Å². The van der Waals surface area contributed by atoms with Gasteiger partial charge in [0.1, 0.15) is 0 Å². The minimum Gasteiger partial charge on any atom is -0.463 e. The Kier molecular flexibility index (Phi) is 6.21. The van der Waals surface area contributed by atoms with Crippen molar-refractivity contribution in [1.82, 2.24) is 5.32 Å². The van der Waals surface area contributed by atoms with Crippen LogP contribution in [0.3, 0.4) is 0 Å². The topological polar surface area (TPSA) is 64.6 Å². The largest absolute Gasteiger partial charge is 0.463 e. The van der Waals surface area contributed by atoms with E-state index in [9.17, 15) is 9.59 Å². The first-order chi connectivity index (χ1) is 9.97. The molecule has 0 aromatic heterocycles. The van der Waals surface area contributed by atoms with E-state index in [2.05, 4.69) is 5.32 Å².